The highest BCUT2D eigenvalue weighted by molar-refractivity contribution is 6.32. The molecule has 0 spiro atoms. The number of carboxylic acids is 1. The number of carboxylic acid groups (broad SMARTS) is 1. The molecule has 3 N–H and O–H groups in total. The predicted molar refractivity (Wildman–Crippen MR) is 66.7 cm³/mol. The van der Waals surface area contributed by atoms with E-state index in [4.69, 9.17) is 17.3 Å². The smallest absolute Gasteiger partial charge is 0.353 e. The van der Waals surface area contributed by atoms with E-state index in [1.165, 1.54) is 4.90 Å². The van der Waals surface area contributed by atoms with Crippen LogP contribution in [-0.4, -0.2) is 34.0 Å². The van der Waals surface area contributed by atoms with Crippen molar-refractivity contribution in [3.05, 3.63) is 10.7 Å². The maximum absolute atomic E-state index is 11.7. The number of halogens is 1. The molecule has 2 rings (SSSR count). The molecule has 0 aromatic rings. The molecule has 1 amide bonds. The normalized spacial score (nSPS) is 32.2. The lowest BCUT2D eigenvalue weighted by atomic mass is 9.71. The quantitative estimate of drug-likeness (QED) is 0.701. The average Bonchev–Trinajstić information content (AvgIpc) is 2.25. The Hall–Kier alpha value is -1.07. The van der Waals surface area contributed by atoms with Gasteiger partial charge in [-0.25, -0.2) is 4.79 Å². The molecule has 1 unspecified atom stereocenters. The lowest BCUT2D eigenvalue weighted by molar-refractivity contribution is -0.154. The summed E-state index contributed by atoms with van der Waals surface area (Å²) in [6, 6.07) is -0.843. The van der Waals surface area contributed by atoms with Gasteiger partial charge in [0.1, 0.15) is 11.7 Å². The van der Waals surface area contributed by atoms with Crippen molar-refractivity contribution < 1.29 is 14.7 Å². The lowest BCUT2D eigenvalue weighted by Gasteiger charge is -2.52. The molecule has 6 heteroatoms. The van der Waals surface area contributed by atoms with Gasteiger partial charge in [-0.2, -0.15) is 0 Å². The molecule has 0 radical (unpaired) electrons. The van der Waals surface area contributed by atoms with E-state index in [9.17, 15) is 14.7 Å². The minimum Gasteiger partial charge on any atom is -0.477 e. The second-order valence-electron chi connectivity index (χ2n) is 5.96. The number of nitrogens with two attached hydrogens (primary N) is 1. The van der Waals surface area contributed by atoms with Crippen LogP contribution in [0.5, 0.6) is 0 Å². The summed E-state index contributed by atoms with van der Waals surface area (Å²) in [5.41, 5.74) is 5.48. The summed E-state index contributed by atoms with van der Waals surface area (Å²) >= 11 is 6.20. The van der Waals surface area contributed by atoms with Gasteiger partial charge < -0.3 is 10.8 Å². The minimum atomic E-state index is -1.17. The van der Waals surface area contributed by atoms with Crippen LogP contribution in [0.25, 0.3) is 0 Å². The van der Waals surface area contributed by atoms with Crippen molar-refractivity contribution in [1.82, 2.24) is 4.90 Å². The van der Waals surface area contributed by atoms with Gasteiger partial charge in [-0.05, 0) is 11.8 Å². The van der Waals surface area contributed by atoms with Crippen molar-refractivity contribution in [1.29, 1.82) is 0 Å². The summed E-state index contributed by atoms with van der Waals surface area (Å²) in [7, 11) is 0. The van der Waals surface area contributed by atoms with Crippen molar-refractivity contribution in [2.24, 2.45) is 17.1 Å². The molecule has 100 valence electrons. The largest absolute Gasteiger partial charge is 0.477 e. The molecule has 0 saturated carbocycles. The Kier molecular flexibility index (Phi) is 2.94. The van der Waals surface area contributed by atoms with Crippen LogP contribution in [0, 0.1) is 11.3 Å². The number of fused-ring (bicyclic) bond motifs is 1. The fraction of sp³-hybridized carbons (Fsp3) is 0.667. The van der Waals surface area contributed by atoms with E-state index in [0.717, 1.165) is 0 Å². The monoisotopic (exact) mass is 272 g/mol. The van der Waals surface area contributed by atoms with Gasteiger partial charge >= 0.3 is 5.97 Å². The van der Waals surface area contributed by atoms with Crippen LogP contribution in [0.2, 0.25) is 0 Å². The zero-order valence-corrected chi connectivity index (χ0v) is 11.4. The van der Waals surface area contributed by atoms with Gasteiger partial charge in [0.25, 0.3) is 0 Å². The standard InChI is InChI=1S/C12H17ClN2O3/c1-12(2,3)5-4-6-8(14)10(16)15(6)9(7(5)13)11(17)18/h5-6,8H,4,14H2,1-3H3,(H,17,18)/t5?,6-,8+/m1/s1. The van der Waals surface area contributed by atoms with E-state index in [-0.39, 0.29) is 34.0 Å². The topological polar surface area (TPSA) is 83.6 Å². The van der Waals surface area contributed by atoms with Gasteiger partial charge in [0, 0.05) is 5.92 Å². The van der Waals surface area contributed by atoms with Gasteiger partial charge in [0.2, 0.25) is 5.91 Å². The first-order valence-corrected chi connectivity index (χ1v) is 6.25. The molecular weight excluding hydrogens is 256 g/mol. The first-order chi connectivity index (χ1) is 8.16. The lowest BCUT2D eigenvalue weighted by Crippen LogP contribution is -2.70. The molecule has 0 aromatic carbocycles. The summed E-state index contributed by atoms with van der Waals surface area (Å²) < 4.78 is 0. The van der Waals surface area contributed by atoms with E-state index < -0.39 is 12.0 Å². The summed E-state index contributed by atoms with van der Waals surface area (Å²) in [4.78, 5) is 24.2. The first kappa shape index (κ1) is 13.4. The average molecular weight is 273 g/mol. The highest BCUT2D eigenvalue weighted by atomic mass is 35.5. The van der Waals surface area contributed by atoms with Gasteiger partial charge in [-0.15, -0.1) is 0 Å². The van der Waals surface area contributed by atoms with Gasteiger partial charge in [-0.3, -0.25) is 9.69 Å². The second-order valence-corrected chi connectivity index (χ2v) is 6.36. The zero-order valence-electron chi connectivity index (χ0n) is 10.6. The molecule has 2 heterocycles. The van der Waals surface area contributed by atoms with Crippen LogP contribution >= 0.6 is 11.6 Å². The van der Waals surface area contributed by atoms with Crippen molar-refractivity contribution in [3.8, 4) is 0 Å². The fourth-order valence-corrected chi connectivity index (χ4v) is 3.25. The molecule has 1 fully saturated rings. The number of hydrogen-bond acceptors (Lipinski definition) is 3. The van der Waals surface area contributed by atoms with Crippen LogP contribution in [0.4, 0.5) is 0 Å². The number of β-lactam (4-membered cyclic amide) rings is 1. The molecule has 5 nitrogen and oxygen atoms in total. The van der Waals surface area contributed by atoms with Crippen molar-refractivity contribution >= 4 is 23.5 Å². The Balaban J connectivity index is 2.48. The molecule has 2 aliphatic heterocycles. The van der Waals surface area contributed by atoms with E-state index in [1.54, 1.807) is 0 Å². The number of amides is 1. The number of hydrogen-bond donors (Lipinski definition) is 2. The number of carbonyl (C=O) groups is 2. The van der Waals surface area contributed by atoms with E-state index >= 15 is 0 Å². The SMILES string of the molecule is CC(C)(C)C1C[C@@H]2[C@H](N)C(=O)N2C(C(=O)O)=C1Cl. The molecule has 0 bridgehead atoms. The highest BCUT2D eigenvalue weighted by Crippen LogP contribution is 2.47. The van der Waals surface area contributed by atoms with Crippen LogP contribution < -0.4 is 5.73 Å². The van der Waals surface area contributed by atoms with E-state index in [2.05, 4.69) is 0 Å². The number of aliphatic carboxylic acids is 1. The van der Waals surface area contributed by atoms with E-state index in [0.29, 0.717) is 6.42 Å². The van der Waals surface area contributed by atoms with Crippen molar-refractivity contribution in [3.63, 3.8) is 0 Å². The van der Waals surface area contributed by atoms with Crippen LogP contribution in [-0.2, 0) is 9.59 Å². The third kappa shape index (κ3) is 1.73. The van der Waals surface area contributed by atoms with Crippen molar-refractivity contribution in [2.45, 2.75) is 39.3 Å². The Morgan fingerprint density at radius 3 is 2.50 bits per heavy atom. The highest BCUT2D eigenvalue weighted by Gasteiger charge is 2.54. The molecule has 2 aliphatic rings. The Bertz CT molecular complexity index is 453. The van der Waals surface area contributed by atoms with Gasteiger partial charge in [0.15, 0.2) is 0 Å². The number of rotatable bonds is 1. The third-order valence-corrected chi connectivity index (χ3v) is 4.21. The van der Waals surface area contributed by atoms with Crippen LogP contribution in [0.1, 0.15) is 27.2 Å². The first-order valence-electron chi connectivity index (χ1n) is 5.88. The maximum Gasteiger partial charge on any atom is 0.353 e. The molecule has 3 atom stereocenters. The molecule has 18 heavy (non-hydrogen) atoms. The zero-order chi connectivity index (χ0) is 13.8. The number of carbonyl (C=O) groups excluding carboxylic acids is 1. The maximum atomic E-state index is 11.7. The third-order valence-electron chi connectivity index (χ3n) is 3.77. The second kappa shape index (κ2) is 3.96. The molecule has 1 saturated heterocycles. The predicted octanol–water partition coefficient (Wildman–Crippen LogP) is 1.13. The Labute approximate surface area is 111 Å². The Morgan fingerprint density at radius 1 is 1.50 bits per heavy atom. The number of allylic oxidation sites excluding steroid dienone is 1. The van der Waals surface area contributed by atoms with Crippen LogP contribution in [0.15, 0.2) is 10.7 Å². The fourth-order valence-electron chi connectivity index (χ4n) is 2.66. The summed E-state index contributed by atoms with van der Waals surface area (Å²) in [6.45, 7) is 6.00. The number of nitrogens with zero attached hydrogens (tertiary/aromatic N) is 1. The molecule has 0 aliphatic carbocycles. The van der Waals surface area contributed by atoms with Gasteiger partial charge in [-0.1, -0.05) is 32.4 Å². The molecule has 0 aromatic heterocycles. The summed E-state index contributed by atoms with van der Waals surface area (Å²) in [6.07, 6.45) is 0.617. The minimum absolute atomic E-state index is 0.0920. The summed E-state index contributed by atoms with van der Waals surface area (Å²) in [5.74, 6) is -1.62. The van der Waals surface area contributed by atoms with Crippen LogP contribution in [0.3, 0.4) is 0 Å². The summed E-state index contributed by atoms with van der Waals surface area (Å²) in [5, 5.41) is 9.50. The van der Waals surface area contributed by atoms with Crippen molar-refractivity contribution in [2.75, 3.05) is 0 Å². The van der Waals surface area contributed by atoms with Gasteiger partial charge in [0.05, 0.1) is 11.1 Å². The Morgan fingerprint density at radius 2 is 2.06 bits per heavy atom. The van der Waals surface area contributed by atoms with E-state index in [1.807, 2.05) is 20.8 Å². The molecular formula is C12H17ClN2O3.